The van der Waals surface area contributed by atoms with E-state index in [1.165, 1.54) is 5.56 Å². The maximum absolute atomic E-state index is 12.4. The van der Waals surface area contributed by atoms with Crippen molar-refractivity contribution in [3.05, 3.63) is 57.7 Å². The molecule has 3 rings (SSSR count). The van der Waals surface area contributed by atoms with Gasteiger partial charge in [0.2, 0.25) is 0 Å². The summed E-state index contributed by atoms with van der Waals surface area (Å²) in [5.41, 5.74) is 4.54. The highest BCUT2D eigenvalue weighted by molar-refractivity contribution is 9.10. The average Bonchev–Trinajstić information content (AvgIpc) is 2.92. The zero-order valence-electron chi connectivity index (χ0n) is 16.3. The predicted octanol–water partition coefficient (Wildman–Crippen LogP) is 5.15. The Morgan fingerprint density at radius 2 is 1.79 bits per heavy atom. The average molecular weight is 444 g/mol. The van der Waals surface area contributed by atoms with Crippen molar-refractivity contribution in [2.24, 2.45) is 0 Å². The molecule has 28 heavy (non-hydrogen) atoms. The van der Waals surface area contributed by atoms with Crippen LogP contribution in [0, 0.1) is 13.8 Å². The topological polar surface area (TPSA) is 57.5 Å². The molecule has 0 atom stereocenters. The Labute approximate surface area is 172 Å². The van der Waals surface area contributed by atoms with Gasteiger partial charge >= 0.3 is 5.97 Å². The van der Waals surface area contributed by atoms with Crippen LogP contribution in [-0.2, 0) is 9.53 Å². The molecule has 3 aromatic rings. The lowest BCUT2D eigenvalue weighted by Crippen LogP contribution is -2.14. The molecule has 1 heterocycles. The smallest absolute Gasteiger partial charge is 0.344 e. The van der Waals surface area contributed by atoms with Gasteiger partial charge in [-0.15, -0.1) is 0 Å². The number of rotatable bonds is 6. The van der Waals surface area contributed by atoms with Crippen LogP contribution in [0.25, 0.3) is 16.6 Å². The molecule has 0 fully saturated rings. The van der Waals surface area contributed by atoms with Crippen LogP contribution in [-0.4, -0.2) is 29.5 Å². The van der Waals surface area contributed by atoms with Gasteiger partial charge in [0.15, 0.2) is 12.4 Å². The van der Waals surface area contributed by atoms with Crippen LogP contribution in [0.5, 0.6) is 5.75 Å². The number of aryl methyl sites for hydroxylation is 1. The number of ether oxygens (including phenoxy) is 2. The van der Waals surface area contributed by atoms with Crippen molar-refractivity contribution in [3.63, 3.8) is 0 Å². The first-order valence-electron chi connectivity index (χ1n) is 9.04. The summed E-state index contributed by atoms with van der Waals surface area (Å²) in [6.45, 7) is 7.39. The second-order valence-corrected chi connectivity index (χ2v) is 7.44. The minimum absolute atomic E-state index is 0.0213. The molecule has 0 bridgehead atoms. The van der Waals surface area contributed by atoms with Crippen molar-refractivity contribution >= 4 is 38.6 Å². The van der Waals surface area contributed by atoms with Crippen LogP contribution >= 0.6 is 15.9 Å². The molecule has 0 amide bonds. The second-order valence-electron chi connectivity index (χ2n) is 6.58. The third-order valence-corrected chi connectivity index (χ3v) is 5.17. The van der Waals surface area contributed by atoms with Crippen molar-refractivity contribution in [3.8, 4) is 11.4 Å². The van der Waals surface area contributed by atoms with E-state index in [1.54, 1.807) is 19.9 Å². The molecule has 5 nitrogen and oxygen atoms in total. The number of halogens is 1. The Morgan fingerprint density at radius 1 is 1.11 bits per heavy atom. The van der Waals surface area contributed by atoms with Gasteiger partial charge in [-0.2, -0.15) is 0 Å². The van der Waals surface area contributed by atoms with Crippen LogP contribution in [0.3, 0.4) is 0 Å². The maximum Gasteiger partial charge on any atom is 0.344 e. The number of benzene rings is 2. The normalized spacial score (nSPS) is 10.9. The fourth-order valence-corrected chi connectivity index (χ4v) is 3.78. The molecule has 0 saturated carbocycles. The molecule has 0 aliphatic heterocycles. The van der Waals surface area contributed by atoms with Crippen LogP contribution in [0.1, 0.15) is 35.5 Å². The largest absolute Gasteiger partial charge is 0.481 e. The van der Waals surface area contributed by atoms with E-state index in [2.05, 4.69) is 20.5 Å². The van der Waals surface area contributed by atoms with Gasteiger partial charge in [0.1, 0.15) is 5.75 Å². The summed E-state index contributed by atoms with van der Waals surface area (Å²) >= 11 is 3.52. The minimum Gasteiger partial charge on any atom is -0.481 e. The molecular formula is C22H22BrNO4. The number of fused-ring (bicyclic) bond motifs is 1. The molecule has 0 unspecified atom stereocenters. The fraction of sp³-hybridized carbons (Fsp3) is 0.273. The third-order valence-electron chi connectivity index (χ3n) is 4.55. The SMILES string of the molecule is CCOC(=O)COc1cc2c(C(C)=O)c(C)n(-c3ccc(C)cc3)c2cc1Br. The van der Waals surface area contributed by atoms with Crippen molar-refractivity contribution in [2.75, 3.05) is 13.2 Å². The van der Waals surface area contributed by atoms with Crippen LogP contribution in [0.4, 0.5) is 0 Å². The molecule has 0 aliphatic carbocycles. The van der Waals surface area contributed by atoms with Crippen LogP contribution in [0.2, 0.25) is 0 Å². The third kappa shape index (κ3) is 3.83. The first kappa shape index (κ1) is 20.1. The Kier molecular flexibility index (Phi) is 5.89. The highest BCUT2D eigenvalue weighted by Crippen LogP contribution is 2.37. The lowest BCUT2D eigenvalue weighted by Gasteiger charge is -2.11. The van der Waals surface area contributed by atoms with Gasteiger partial charge in [-0.25, -0.2) is 4.79 Å². The first-order chi connectivity index (χ1) is 13.3. The summed E-state index contributed by atoms with van der Waals surface area (Å²) in [5, 5.41) is 0.785. The summed E-state index contributed by atoms with van der Waals surface area (Å²) in [5.74, 6) is 0.0332. The number of nitrogens with zero attached hydrogens (tertiary/aromatic N) is 1. The van der Waals surface area contributed by atoms with E-state index in [0.717, 1.165) is 22.3 Å². The van der Waals surface area contributed by atoms with Gasteiger partial charge in [-0.3, -0.25) is 4.79 Å². The summed E-state index contributed by atoms with van der Waals surface area (Å²) < 4.78 is 13.3. The van der Waals surface area contributed by atoms with E-state index < -0.39 is 5.97 Å². The number of hydrogen-bond donors (Lipinski definition) is 0. The number of carbonyl (C=O) groups excluding carboxylic acids is 2. The molecule has 6 heteroatoms. The molecule has 2 aromatic carbocycles. The van der Waals surface area contributed by atoms with Gasteiger partial charge in [0.05, 0.1) is 16.6 Å². The highest BCUT2D eigenvalue weighted by Gasteiger charge is 2.21. The standard InChI is InChI=1S/C22H22BrNO4/c1-5-27-21(26)12-28-20-10-17-19(11-18(20)23)24(14(3)22(17)15(4)25)16-8-6-13(2)7-9-16/h6-11H,5,12H2,1-4H3. The number of ketones is 1. The molecule has 0 N–H and O–H groups in total. The number of carbonyl (C=O) groups is 2. The van der Waals surface area contributed by atoms with Crippen molar-refractivity contribution in [1.29, 1.82) is 0 Å². The Bertz CT molecular complexity index is 1050. The monoisotopic (exact) mass is 443 g/mol. The van der Waals surface area contributed by atoms with Gasteiger partial charge < -0.3 is 14.0 Å². The lowest BCUT2D eigenvalue weighted by molar-refractivity contribution is -0.145. The quantitative estimate of drug-likeness (QED) is 0.390. The molecule has 0 aliphatic rings. The van der Waals surface area contributed by atoms with Crippen molar-refractivity contribution < 1.29 is 19.1 Å². The fourth-order valence-electron chi connectivity index (χ4n) is 3.34. The summed E-state index contributed by atoms with van der Waals surface area (Å²) in [6, 6.07) is 11.9. The van der Waals surface area contributed by atoms with E-state index in [9.17, 15) is 9.59 Å². The van der Waals surface area contributed by atoms with Crippen molar-refractivity contribution in [2.45, 2.75) is 27.7 Å². The minimum atomic E-state index is -0.435. The second kappa shape index (κ2) is 8.19. The van der Waals surface area contributed by atoms with E-state index in [1.807, 2.05) is 44.2 Å². The van der Waals surface area contributed by atoms with Crippen LogP contribution in [0.15, 0.2) is 40.9 Å². The van der Waals surface area contributed by atoms with Gasteiger partial charge in [-0.05, 0) is 67.9 Å². The molecular weight excluding hydrogens is 422 g/mol. The van der Waals surface area contributed by atoms with Gasteiger partial charge in [-0.1, -0.05) is 17.7 Å². The van der Waals surface area contributed by atoms with Gasteiger partial charge in [0, 0.05) is 22.3 Å². The molecule has 146 valence electrons. The molecule has 0 spiro atoms. The Balaban J connectivity index is 2.15. The molecule has 0 saturated heterocycles. The number of esters is 1. The lowest BCUT2D eigenvalue weighted by atomic mass is 10.1. The zero-order chi connectivity index (χ0) is 20.4. The molecule has 0 radical (unpaired) electrons. The Morgan fingerprint density at radius 3 is 2.39 bits per heavy atom. The maximum atomic E-state index is 12.4. The van der Waals surface area contributed by atoms with Crippen LogP contribution < -0.4 is 4.74 Å². The number of aromatic nitrogens is 1. The van der Waals surface area contributed by atoms with E-state index in [0.29, 0.717) is 22.4 Å². The first-order valence-corrected chi connectivity index (χ1v) is 9.83. The highest BCUT2D eigenvalue weighted by atomic mass is 79.9. The zero-order valence-corrected chi connectivity index (χ0v) is 17.9. The van der Waals surface area contributed by atoms with E-state index in [4.69, 9.17) is 9.47 Å². The van der Waals surface area contributed by atoms with E-state index >= 15 is 0 Å². The number of Topliss-reactive ketones (excluding diaryl/α,β-unsaturated/α-hetero) is 1. The summed E-state index contributed by atoms with van der Waals surface area (Å²) in [6.07, 6.45) is 0. The van der Waals surface area contributed by atoms with E-state index in [-0.39, 0.29) is 12.4 Å². The number of hydrogen-bond acceptors (Lipinski definition) is 4. The molecule has 1 aromatic heterocycles. The predicted molar refractivity (Wildman–Crippen MR) is 113 cm³/mol. The Hall–Kier alpha value is -2.60. The van der Waals surface area contributed by atoms with Crippen molar-refractivity contribution in [1.82, 2.24) is 4.57 Å². The summed E-state index contributed by atoms with van der Waals surface area (Å²) in [4.78, 5) is 24.0. The summed E-state index contributed by atoms with van der Waals surface area (Å²) in [7, 11) is 0. The van der Waals surface area contributed by atoms with Gasteiger partial charge in [0.25, 0.3) is 0 Å².